The first-order chi connectivity index (χ1) is 9.10. The van der Waals surface area contributed by atoms with Crippen LogP contribution in [0.2, 0.25) is 0 Å². The van der Waals surface area contributed by atoms with E-state index in [1.165, 1.54) is 11.3 Å². The van der Waals surface area contributed by atoms with Gasteiger partial charge >= 0.3 is 0 Å². The molecule has 0 aliphatic carbocycles. The number of hydrogen-bond acceptors (Lipinski definition) is 6. The molecule has 0 spiro atoms. The molecule has 2 aromatic rings. The highest BCUT2D eigenvalue weighted by molar-refractivity contribution is 7.17. The highest BCUT2D eigenvalue weighted by atomic mass is 32.1. The van der Waals surface area contributed by atoms with Crippen molar-refractivity contribution in [2.45, 2.75) is 13.5 Å². The molecule has 2 aromatic heterocycles. The zero-order valence-electron chi connectivity index (χ0n) is 11.1. The summed E-state index contributed by atoms with van der Waals surface area (Å²) in [5, 5.41) is 16.0. The average Bonchev–Trinajstić information content (AvgIpc) is 2.98. The fourth-order valence-corrected chi connectivity index (χ4v) is 2.40. The molecule has 19 heavy (non-hydrogen) atoms. The molecule has 7 nitrogen and oxygen atoms in total. The Bertz CT molecular complexity index is 563. The van der Waals surface area contributed by atoms with Gasteiger partial charge in [0.2, 0.25) is 10.1 Å². The van der Waals surface area contributed by atoms with E-state index in [1.807, 2.05) is 20.2 Å². The van der Waals surface area contributed by atoms with Crippen LogP contribution in [0.3, 0.4) is 0 Å². The lowest BCUT2D eigenvalue weighted by atomic mass is 10.3. The number of nitrogens with zero attached hydrogens (tertiary/aromatic N) is 5. The van der Waals surface area contributed by atoms with Crippen LogP contribution < -0.4 is 5.32 Å². The zero-order chi connectivity index (χ0) is 13.8. The van der Waals surface area contributed by atoms with Crippen molar-refractivity contribution in [3.63, 3.8) is 0 Å². The highest BCUT2D eigenvalue weighted by Gasteiger charge is 2.17. The average molecular weight is 280 g/mol. The van der Waals surface area contributed by atoms with Crippen LogP contribution in [0.1, 0.15) is 22.3 Å². The molecule has 0 saturated heterocycles. The normalized spacial score (nSPS) is 10.5. The van der Waals surface area contributed by atoms with Gasteiger partial charge < -0.3 is 10.2 Å². The van der Waals surface area contributed by atoms with Crippen molar-refractivity contribution in [3.05, 3.63) is 23.0 Å². The fourth-order valence-electron chi connectivity index (χ4n) is 1.59. The lowest BCUT2D eigenvalue weighted by Crippen LogP contribution is -2.25. The smallest absolute Gasteiger partial charge is 0.284 e. The summed E-state index contributed by atoms with van der Waals surface area (Å²) in [6.45, 7) is 3.23. The number of amides is 1. The monoisotopic (exact) mass is 280 g/mol. The van der Waals surface area contributed by atoms with E-state index in [0.29, 0.717) is 16.7 Å². The number of aryl methyl sites for hydroxylation is 1. The molecule has 0 fully saturated rings. The number of nitrogens with one attached hydrogen (secondary N) is 1. The summed E-state index contributed by atoms with van der Waals surface area (Å²) >= 11 is 1.26. The molecule has 0 aromatic carbocycles. The van der Waals surface area contributed by atoms with Gasteiger partial charge in [-0.1, -0.05) is 11.3 Å². The molecule has 0 saturated carbocycles. The third kappa shape index (κ3) is 3.28. The summed E-state index contributed by atoms with van der Waals surface area (Å²) < 4.78 is 1.71. The van der Waals surface area contributed by atoms with Gasteiger partial charge in [0.15, 0.2) is 0 Å². The summed E-state index contributed by atoms with van der Waals surface area (Å²) in [6.07, 6.45) is 3.63. The maximum atomic E-state index is 12.2. The second-order valence-electron chi connectivity index (χ2n) is 4.13. The molecular formula is C11H16N6OS. The SMILES string of the molecule is CCNc1nnc(C(=O)N(C)Cc2cnn(C)c2)s1. The zero-order valence-corrected chi connectivity index (χ0v) is 11.9. The lowest BCUT2D eigenvalue weighted by molar-refractivity contribution is 0.0784. The number of anilines is 1. The van der Waals surface area contributed by atoms with Crippen LogP contribution in [0.15, 0.2) is 12.4 Å². The van der Waals surface area contributed by atoms with E-state index in [2.05, 4.69) is 20.6 Å². The number of carbonyl (C=O) groups is 1. The third-order valence-corrected chi connectivity index (χ3v) is 3.33. The van der Waals surface area contributed by atoms with E-state index in [4.69, 9.17) is 0 Å². The standard InChI is InChI=1S/C11H16N6OS/c1-4-12-11-15-14-9(19-11)10(18)16(2)6-8-5-13-17(3)7-8/h5,7H,4,6H2,1-3H3,(H,12,15). The van der Waals surface area contributed by atoms with Crippen molar-refractivity contribution in [2.75, 3.05) is 18.9 Å². The van der Waals surface area contributed by atoms with Crippen LogP contribution in [0.5, 0.6) is 0 Å². The number of aromatic nitrogens is 4. The molecule has 1 N–H and O–H groups in total. The predicted molar refractivity (Wildman–Crippen MR) is 73.1 cm³/mol. The summed E-state index contributed by atoms with van der Waals surface area (Å²) in [5.74, 6) is -0.134. The van der Waals surface area contributed by atoms with E-state index in [1.54, 1.807) is 22.8 Å². The van der Waals surface area contributed by atoms with Crippen LogP contribution in [0.4, 0.5) is 5.13 Å². The minimum atomic E-state index is -0.134. The Labute approximate surface area is 115 Å². The Hall–Kier alpha value is -1.96. The maximum absolute atomic E-state index is 12.2. The van der Waals surface area contributed by atoms with Crippen LogP contribution in [0, 0.1) is 0 Å². The molecule has 0 unspecified atom stereocenters. The van der Waals surface area contributed by atoms with E-state index < -0.39 is 0 Å². The van der Waals surface area contributed by atoms with Crippen LogP contribution >= 0.6 is 11.3 Å². The van der Waals surface area contributed by atoms with Crippen LogP contribution in [0.25, 0.3) is 0 Å². The summed E-state index contributed by atoms with van der Waals surface area (Å²) in [7, 11) is 3.59. The Balaban J connectivity index is 2.01. The minimum absolute atomic E-state index is 0.134. The molecule has 0 aliphatic heterocycles. The van der Waals surface area contributed by atoms with Gasteiger partial charge in [-0.25, -0.2) is 0 Å². The minimum Gasteiger partial charge on any atom is -0.360 e. The number of rotatable bonds is 5. The molecule has 8 heteroatoms. The second kappa shape index (κ2) is 5.79. The Morgan fingerprint density at radius 1 is 1.53 bits per heavy atom. The van der Waals surface area contributed by atoms with Gasteiger partial charge in [0, 0.05) is 38.9 Å². The lowest BCUT2D eigenvalue weighted by Gasteiger charge is -2.13. The van der Waals surface area contributed by atoms with Crippen molar-refractivity contribution in [1.29, 1.82) is 0 Å². The van der Waals surface area contributed by atoms with E-state index in [0.717, 1.165) is 12.1 Å². The van der Waals surface area contributed by atoms with Crippen LogP contribution in [-0.2, 0) is 13.6 Å². The van der Waals surface area contributed by atoms with Gasteiger partial charge in [-0.15, -0.1) is 10.2 Å². The van der Waals surface area contributed by atoms with E-state index >= 15 is 0 Å². The molecule has 0 atom stereocenters. The van der Waals surface area contributed by atoms with Crippen molar-refractivity contribution in [3.8, 4) is 0 Å². The van der Waals surface area contributed by atoms with E-state index in [9.17, 15) is 4.79 Å². The largest absolute Gasteiger partial charge is 0.360 e. The first-order valence-corrected chi connectivity index (χ1v) is 6.72. The highest BCUT2D eigenvalue weighted by Crippen LogP contribution is 2.17. The van der Waals surface area contributed by atoms with Crippen molar-refractivity contribution >= 4 is 22.4 Å². The molecular weight excluding hydrogens is 264 g/mol. The molecule has 0 bridgehead atoms. The quantitative estimate of drug-likeness (QED) is 0.883. The maximum Gasteiger partial charge on any atom is 0.284 e. The molecule has 102 valence electrons. The molecule has 0 aliphatic rings. The van der Waals surface area contributed by atoms with Gasteiger partial charge in [-0.2, -0.15) is 5.10 Å². The Morgan fingerprint density at radius 3 is 2.95 bits per heavy atom. The van der Waals surface area contributed by atoms with Crippen molar-refractivity contribution in [1.82, 2.24) is 24.9 Å². The molecule has 2 heterocycles. The van der Waals surface area contributed by atoms with Gasteiger partial charge in [0.05, 0.1) is 6.20 Å². The third-order valence-electron chi connectivity index (χ3n) is 2.46. The van der Waals surface area contributed by atoms with Gasteiger partial charge in [-0.3, -0.25) is 9.48 Å². The van der Waals surface area contributed by atoms with Gasteiger partial charge in [0.1, 0.15) is 0 Å². The summed E-state index contributed by atoms with van der Waals surface area (Å²) in [4.78, 5) is 13.8. The fraction of sp³-hybridized carbons (Fsp3) is 0.455. The number of hydrogen-bond donors (Lipinski definition) is 1. The Kier molecular flexibility index (Phi) is 4.10. The topological polar surface area (TPSA) is 75.9 Å². The van der Waals surface area contributed by atoms with Gasteiger partial charge in [0.25, 0.3) is 5.91 Å². The summed E-state index contributed by atoms with van der Waals surface area (Å²) in [5.41, 5.74) is 0.981. The first-order valence-electron chi connectivity index (χ1n) is 5.90. The first kappa shape index (κ1) is 13.5. The molecule has 2 rings (SSSR count). The summed E-state index contributed by atoms with van der Waals surface area (Å²) in [6, 6.07) is 0. The molecule has 1 amide bonds. The second-order valence-corrected chi connectivity index (χ2v) is 5.10. The number of carbonyl (C=O) groups excluding carboxylic acids is 1. The van der Waals surface area contributed by atoms with Gasteiger partial charge in [-0.05, 0) is 6.92 Å². The van der Waals surface area contributed by atoms with E-state index in [-0.39, 0.29) is 5.91 Å². The van der Waals surface area contributed by atoms with Crippen molar-refractivity contribution < 1.29 is 4.79 Å². The predicted octanol–water partition coefficient (Wildman–Crippen LogP) is 0.976. The van der Waals surface area contributed by atoms with Crippen LogP contribution in [-0.4, -0.2) is 44.4 Å². The van der Waals surface area contributed by atoms with Crippen molar-refractivity contribution in [2.24, 2.45) is 7.05 Å². The Morgan fingerprint density at radius 2 is 2.32 bits per heavy atom. The molecule has 0 radical (unpaired) electrons.